The van der Waals surface area contributed by atoms with Crippen molar-refractivity contribution >= 4 is 28.9 Å². The van der Waals surface area contributed by atoms with E-state index in [1.54, 1.807) is 18.3 Å². The Balaban J connectivity index is 2.54. The van der Waals surface area contributed by atoms with E-state index >= 15 is 0 Å². The number of nitrogens with zero attached hydrogens (tertiary/aromatic N) is 1. The van der Waals surface area contributed by atoms with Gasteiger partial charge in [0.25, 0.3) is 4.34 Å². The van der Waals surface area contributed by atoms with Gasteiger partial charge in [0.2, 0.25) is 5.69 Å². The normalized spacial score (nSPS) is 14.8. The van der Waals surface area contributed by atoms with E-state index in [1.807, 2.05) is 18.7 Å². The summed E-state index contributed by atoms with van der Waals surface area (Å²) in [5, 5.41) is 0. The summed E-state index contributed by atoms with van der Waals surface area (Å²) in [6.45, 7) is 4.73. The van der Waals surface area contributed by atoms with Gasteiger partial charge in [0.1, 0.15) is 4.88 Å². The summed E-state index contributed by atoms with van der Waals surface area (Å²) < 4.78 is 3.53. The largest absolute Gasteiger partial charge is 0.298 e. The van der Waals surface area contributed by atoms with Crippen LogP contribution in [0.4, 0.5) is 0 Å². The zero-order valence-corrected chi connectivity index (χ0v) is 8.72. The van der Waals surface area contributed by atoms with Crippen LogP contribution in [0.3, 0.4) is 0 Å². The molecule has 0 fully saturated rings. The Morgan fingerprint density at radius 1 is 1.58 bits per heavy atom. The van der Waals surface area contributed by atoms with E-state index in [1.165, 1.54) is 4.34 Å². The van der Waals surface area contributed by atoms with Crippen molar-refractivity contribution in [2.45, 2.75) is 24.7 Å². The number of thiazole rings is 1. The Hall–Kier alpha value is -0.350. The molecule has 0 saturated carbocycles. The van der Waals surface area contributed by atoms with E-state index < -0.39 is 0 Å². The summed E-state index contributed by atoms with van der Waals surface area (Å²) in [4.78, 5) is 12.1. The van der Waals surface area contributed by atoms with E-state index in [2.05, 4.69) is 4.57 Å². The number of carbonyl (C=O) groups is 1. The SMILES string of the molecule is CC(=O)c1sc2[n+](c1C)CCS2. The van der Waals surface area contributed by atoms with Gasteiger partial charge < -0.3 is 0 Å². The topological polar surface area (TPSA) is 20.9 Å². The van der Waals surface area contributed by atoms with Gasteiger partial charge in [-0.05, 0) is 11.8 Å². The van der Waals surface area contributed by atoms with Crippen molar-refractivity contribution in [1.82, 2.24) is 0 Å². The molecule has 0 unspecified atom stereocenters. The average Bonchev–Trinajstić information content (AvgIpc) is 2.53. The molecule has 2 rings (SSSR count). The molecule has 0 atom stereocenters. The standard InChI is InChI=1S/C8H10NOS2/c1-5-7(6(2)10)12-8-9(5)3-4-11-8/h3-4H2,1-2H3/q+1. The van der Waals surface area contributed by atoms with Crippen LogP contribution in [0.1, 0.15) is 22.3 Å². The van der Waals surface area contributed by atoms with Crippen LogP contribution in [0.25, 0.3) is 0 Å². The van der Waals surface area contributed by atoms with Crippen LogP contribution in [0.2, 0.25) is 0 Å². The number of Topliss-reactive ketones (excluding diaryl/α,β-unsaturated/α-hetero) is 1. The van der Waals surface area contributed by atoms with Crippen LogP contribution >= 0.6 is 23.1 Å². The molecule has 0 amide bonds. The molecule has 1 aromatic rings. The molecule has 0 N–H and O–H groups in total. The summed E-state index contributed by atoms with van der Waals surface area (Å²) in [6.07, 6.45) is 0. The number of hydrogen-bond acceptors (Lipinski definition) is 3. The second kappa shape index (κ2) is 2.85. The minimum atomic E-state index is 0.194. The third kappa shape index (κ3) is 1.10. The van der Waals surface area contributed by atoms with Gasteiger partial charge >= 0.3 is 0 Å². The first-order chi connectivity index (χ1) is 5.70. The van der Waals surface area contributed by atoms with Crippen LogP contribution in [0, 0.1) is 6.92 Å². The van der Waals surface area contributed by atoms with Crippen molar-refractivity contribution in [3.8, 4) is 0 Å². The maximum atomic E-state index is 11.2. The summed E-state index contributed by atoms with van der Waals surface area (Å²) in [5.74, 6) is 1.35. The average molecular weight is 200 g/mol. The van der Waals surface area contributed by atoms with Crippen molar-refractivity contribution in [2.24, 2.45) is 0 Å². The molecule has 0 saturated heterocycles. The first-order valence-electron chi connectivity index (χ1n) is 3.87. The number of fused-ring (bicyclic) bond motifs is 1. The molecule has 12 heavy (non-hydrogen) atoms. The number of hydrogen-bond donors (Lipinski definition) is 0. The molecular weight excluding hydrogens is 190 g/mol. The minimum absolute atomic E-state index is 0.194. The molecule has 64 valence electrons. The van der Waals surface area contributed by atoms with Gasteiger partial charge in [-0.15, -0.1) is 0 Å². The van der Waals surface area contributed by atoms with Crippen molar-refractivity contribution in [3.63, 3.8) is 0 Å². The second-order valence-corrected chi connectivity index (χ2v) is 5.18. The number of aromatic nitrogens is 1. The predicted molar refractivity (Wildman–Crippen MR) is 50.0 cm³/mol. The number of rotatable bonds is 1. The fourth-order valence-electron chi connectivity index (χ4n) is 1.39. The molecule has 2 nitrogen and oxygen atoms in total. The van der Waals surface area contributed by atoms with E-state index in [9.17, 15) is 4.79 Å². The Morgan fingerprint density at radius 3 is 2.92 bits per heavy atom. The third-order valence-electron chi connectivity index (χ3n) is 2.00. The van der Waals surface area contributed by atoms with Gasteiger partial charge in [-0.25, -0.2) is 0 Å². The number of thioether (sulfide) groups is 1. The van der Waals surface area contributed by atoms with Crippen LogP contribution in [0.5, 0.6) is 0 Å². The zero-order valence-electron chi connectivity index (χ0n) is 7.09. The van der Waals surface area contributed by atoms with E-state index in [0.717, 1.165) is 22.9 Å². The maximum Gasteiger partial charge on any atom is 0.298 e. The monoisotopic (exact) mass is 200 g/mol. The molecule has 0 spiro atoms. The maximum absolute atomic E-state index is 11.2. The second-order valence-electron chi connectivity index (χ2n) is 2.84. The quantitative estimate of drug-likeness (QED) is 0.508. The Kier molecular flexibility index (Phi) is 1.96. The summed E-state index contributed by atoms with van der Waals surface area (Å²) >= 11 is 3.48. The Morgan fingerprint density at radius 2 is 2.33 bits per heavy atom. The highest BCUT2D eigenvalue weighted by Gasteiger charge is 2.29. The number of carbonyl (C=O) groups excluding carboxylic acids is 1. The predicted octanol–water partition coefficient (Wildman–Crippen LogP) is 1.65. The molecule has 0 aliphatic carbocycles. The van der Waals surface area contributed by atoms with E-state index in [-0.39, 0.29) is 5.78 Å². The van der Waals surface area contributed by atoms with Crippen molar-refractivity contribution in [3.05, 3.63) is 10.6 Å². The fraction of sp³-hybridized carbons (Fsp3) is 0.500. The van der Waals surface area contributed by atoms with Crippen LogP contribution in [-0.2, 0) is 6.54 Å². The van der Waals surface area contributed by atoms with Gasteiger partial charge in [0, 0.05) is 13.8 Å². The molecule has 0 radical (unpaired) electrons. The van der Waals surface area contributed by atoms with Gasteiger partial charge in [-0.2, -0.15) is 4.57 Å². The Bertz CT molecular complexity index is 343. The lowest BCUT2D eigenvalue weighted by Crippen LogP contribution is -2.33. The lowest BCUT2D eigenvalue weighted by molar-refractivity contribution is -0.722. The van der Waals surface area contributed by atoms with Gasteiger partial charge in [0.15, 0.2) is 12.3 Å². The first kappa shape index (κ1) is 8.26. The van der Waals surface area contributed by atoms with Gasteiger partial charge in [-0.1, -0.05) is 11.3 Å². The molecule has 2 heterocycles. The van der Waals surface area contributed by atoms with Crippen molar-refractivity contribution < 1.29 is 9.36 Å². The van der Waals surface area contributed by atoms with Crippen molar-refractivity contribution in [1.29, 1.82) is 0 Å². The van der Waals surface area contributed by atoms with Gasteiger partial charge in [-0.3, -0.25) is 4.79 Å². The summed E-state index contributed by atoms with van der Waals surface area (Å²) in [6, 6.07) is 0. The molecular formula is C8H10NOS2+. The lowest BCUT2D eigenvalue weighted by atomic mass is 10.3. The first-order valence-corrected chi connectivity index (χ1v) is 5.67. The minimum Gasteiger partial charge on any atom is -0.293 e. The molecule has 0 aromatic carbocycles. The molecule has 1 aliphatic heterocycles. The van der Waals surface area contributed by atoms with E-state index in [4.69, 9.17) is 0 Å². The lowest BCUT2D eigenvalue weighted by Gasteiger charge is -1.87. The summed E-state index contributed by atoms with van der Waals surface area (Å²) in [5.41, 5.74) is 1.15. The van der Waals surface area contributed by atoms with Crippen LogP contribution < -0.4 is 4.57 Å². The highest BCUT2D eigenvalue weighted by Crippen LogP contribution is 2.29. The highest BCUT2D eigenvalue weighted by molar-refractivity contribution is 8.01. The van der Waals surface area contributed by atoms with Crippen molar-refractivity contribution in [2.75, 3.05) is 5.75 Å². The van der Waals surface area contributed by atoms with Gasteiger partial charge in [0.05, 0.1) is 5.75 Å². The number of ketones is 1. The molecule has 0 bridgehead atoms. The van der Waals surface area contributed by atoms with E-state index in [0.29, 0.717) is 0 Å². The smallest absolute Gasteiger partial charge is 0.293 e. The third-order valence-corrected chi connectivity index (χ3v) is 4.64. The Labute approximate surface area is 79.6 Å². The van der Waals surface area contributed by atoms with Crippen LogP contribution in [0.15, 0.2) is 4.34 Å². The van der Waals surface area contributed by atoms with Crippen LogP contribution in [-0.4, -0.2) is 11.5 Å². The fourth-order valence-corrected chi connectivity index (χ4v) is 3.88. The highest BCUT2D eigenvalue weighted by atomic mass is 32.2. The molecule has 4 heteroatoms. The summed E-state index contributed by atoms with van der Waals surface area (Å²) in [7, 11) is 0. The molecule has 1 aromatic heterocycles. The molecule has 1 aliphatic rings. The zero-order chi connectivity index (χ0) is 8.72.